The molecule has 0 aliphatic carbocycles. The Hall–Kier alpha value is -4.87. The number of rotatable bonds is 12. The maximum absolute atomic E-state index is 13.5. The van der Waals surface area contributed by atoms with E-state index in [-0.39, 0.29) is 27.8 Å². The molecule has 0 aliphatic heterocycles. The van der Waals surface area contributed by atoms with E-state index in [2.05, 4.69) is 10.4 Å². The summed E-state index contributed by atoms with van der Waals surface area (Å²) in [7, 11) is -4.46. The molecule has 1 N–H and O–H groups in total. The Bertz CT molecular complexity index is 1630. The Morgan fingerprint density at radius 2 is 1.71 bits per heavy atom. The lowest BCUT2D eigenvalue weighted by Crippen LogP contribution is -2.42. The fourth-order valence-electron chi connectivity index (χ4n) is 3.65. The van der Waals surface area contributed by atoms with Crippen LogP contribution in [0.25, 0.3) is 16.9 Å². The summed E-state index contributed by atoms with van der Waals surface area (Å²) in [4.78, 5) is 28.2. The van der Waals surface area contributed by atoms with E-state index in [0.29, 0.717) is 5.56 Å². The number of ether oxygens (including phenoxy) is 2. The maximum atomic E-state index is 13.5. The zero-order valence-corrected chi connectivity index (χ0v) is 25.6. The van der Waals surface area contributed by atoms with Crippen LogP contribution < -0.4 is 4.72 Å². The van der Waals surface area contributed by atoms with Crippen molar-refractivity contribution in [3.63, 3.8) is 0 Å². The molecule has 14 nitrogen and oxygen atoms in total. The van der Waals surface area contributed by atoms with E-state index in [1.54, 1.807) is 38.1 Å². The molecule has 244 valence electrons. The molecule has 0 aliphatic rings. The Morgan fingerprint density at radius 3 is 2.27 bits per heavy atom. The van der Waals surface area contributed by atoms with E-state index in [0.717, 1.165) is 33.5 Å². The molecule has 1 unspecified atom stereocenters. The second-order valence-electron chi connectivity index (χ2n) is 9.74. The summed E-state index contributed by atoms with van der Waals surface area (Å²) in [6.45, 7) is 6.88. The van der Waals surface area contributed by atoms with E-state index in [9.17, 15) is 36.4 Å². The summed E-state index contributed by atoms with van der Waals surface area (Å²) < 4.78 is 78.5. The van der Waals surface area contributed by atoms with E-state index >= 15 is 0 Å². The Morgan fingerprint density at radius 1 is 1.09 bits per heavy atom. The summed E-state index contributed by atoms with van der Waals surface area (Å²) in [6, 6.07) is 12.3. The van der Waals surface area contributed by atoms with Crippen molar-refractivity contribution in [2.45, 2.75) is 58.1 Å². The van der Waals surface area contributed by atoms with Crippen LogP contribution >= 0.6 is 0 Å². The lowest BCUT2D eigenvalue weighted by molar-refractivity contribution is -0.710. The molecule has 0 saturated heterocycles. The number of hydrogen-bond donors (Lipinski definition) is 1. The maximum Gasteiger partial charge on any atom is 0.511 e. The van der Waals surface area contributed by atoms with Gasteiger partial charge < -0.3 is 14.7 Å². The lowest BCUT2D eigenvalue weighted by Gasteiger charge is -2.17. The van der Waals surface area contributed by atoms with Gasteiger partial charge in [-0.15, -0.1) is 5.01 Å². The molecule has 3 aromatic rings. The summed E-state index contributed by atoms with van der Waals surface area (Å²) >= 11 is 0. The number of aryl methyl sites for hydroxylation is 1. The van der Waals surface area contributed by atoms with Gasteiger partial charge in [-0.3, -0.25) is 9.63 Å². The molecule has 1 amide bonds. The molecule has 45 heavy (non-hydrogen) atoms. The topological polar surface area (TPSA) is 167 Å². The molecular formula is C27H31F3N6O8S. The van der Waals surface area contributed by atoms with Crippen molar-refractivity contribution in [2.75, 3.05) is 13.1 Å². The highest BCUT2D eigenvalue weighted by atomic mass is 32.2. The number of nitrogens with one attached hydrogen (secondary N) is 1. The fraction of sp³-hybridized carbons (Fsp3) is 0.370. The summed E-state index contributed by atoms with van der Waals surface area (Å²) in [5, 5.41) is 19.9. The number of hydrogen-bond acceptors (Lipinski definition) is 10. The third-order valence-corrected chi connectivity index (χ3v) is 7.17. The molecule has 2 aromatic carbocycles. The first-order valence-corrected chi connectivity index (χ1v) is 14.8. The first-order chi connectivity index (χ1) is 21.0. The minimum atomic E-state index is -4.73. The number of likely N-dealkylation sites (N-methyl/N-ethyl adjacent to an activating group) is 1. The van der Waals surface area contributed by atoms with Crippen LogP contribution in [0.2, 0.25) is 0 Å². The molecule has 1 heterocycles. The predicted molar refractivity (Wildman–Crippen MR) is 151 cm³/mol. The Kier molecular flexibility index (Phi) is 11.0. The van der Waals surface area contributed by atoms with Crippen LogP contribution in [-0.4, -0.2) is 65.7 Å². The SMILES string of the molecule is CCN(CC(=O)NS(=O)(=O)c1ccc(-n2nc(C(F)(F)F)cc2-c2ccc(C)cc2)cc1)[N+]([O-])=NOC(C)OC(=O)OC(C)C. The molecule has 0 saturated carbocycles. The second-order valence-corrected chi connectivity index (χ2v) is 11.4. The van der Waals surface area contributed by atoms with Gasteiger partial charge >= 0.3 is 12.3 Å². The van der Waals surface area contributed by atoms with Gasteiger partial charge in [0.05, 0.1) is 33.9 Å². The van der Waals surface area contributed by atoms with Crippen LogP contribution in [0, 0.1) is 12.1 Å². The zero-order valence-electron chi connectivity index (χ0n) is 24.8. The van der Waals surface area contributed by atoms with Crippen LogP contribution in [0.3, 0.4) is 0 Å². The Labute approximate surface area is 256 Å². The van der Waals surface area contributed by atoms with Crippen molar-refractivity contribution in [3.05, 3.63) is 71.1 Å². The number of carbonyl (C=O) groups excluding carboxylic acids is 2. The molecule has 0 fully saturated rings. The number of sulfonamides is 1. The number of benzene rings is 2. The minimum Gasteiger partial charge on any atom is -0.569 e. The number of nitrogens with zero attached hydrogens (tertiary/aromatic N) is 5. The summed E-state index contributed by atoms with van der Waals surface area (Å²) in [6.07, 6.45) is -7.56. The van der Waals surface area contributed by atoms with E-state index in [1.165, 1.54) is 26.0 Å². The van der Waals surface area contributed by atoms with Crippen molar-refractivity contribution >= 4 is 22.1 Å². The van der Waals surface area contributed by atoms with Crippen molar-refractivity contribution in [3.8, 4) is 16.9 Å². The van der Waals surface area contributed by atoms with Gasteiger partial charge in [0.2, 0.25) is 5.28 Å². The van der Waals surface area contributed by atoms with Gasteiger partial charge in [-0.2, -0.15) is 18.3 Å². The normalized spacial score (nSPS) is 12.9. The van der Waals surface area contributed by atoms with E-state index in [4.69, 9.17) is 14.3 Å². The van der Waals surface area contributed by atoms with Crippen LogP contribution in [0.5, 0.6) is 0 Å². The average molecular weight is 657 g/mol. The van der Waals surface area contributed by atoms with E-state index in [1.807, 2.05) is 11.6 Å². The van der Waals surface area contributed by atoms with Gasteiger partial charge in [0.15, 0.2) is 12.2 Å². The number of amides is 1. The van der Waals surface area contributed by atoms with Crippen molar-refractivity contribution in [1.29, 1.82) is 0 Å². The van der Waals surface area contributed by atoms with Crippen LogP contribution in [-0.2, 0) is 35.3 Å². The van der Waals surface area contributed by atoms with Gasteiger partial charge in [-0.05, 0) is 58.0 Å². The molecule has 1 aromatic heterocycles. The summed E-state index contributed by atoms with van der Waals surface area (Å²) in [5.74, 6) is -1.11. The van der Waals surface area contributed by atoms with Crippen LogP contribution in [0.1, 0.15) is 39.0 Å². The molecule has 1 atom stereocenters. The van der Waals surface area contributed by atoms with Crippen LogP contribution in [0.4, 0.5) is 18.0 Å². The van der Waals surface area contributed by atoms with Crippen molar-refractivity contribution in [2.24, 2.45) is 5.28 Å². The molecule has 0 radical (unpaired) electrons. The first-order valence-electron chi connectivity index (χ1n) is 13.4. The van der Waals surface area contributed by atoms with Crippen LogP contribution in [0.15, 0.2) is 64.8 Å². The second kappa shape index (κ2) is 14.3. The molecule has 3 rings (SSSR count). The third kappa shape index (κ3) is 9.56. The third-order valence-electron chi connectivity index (χ3n) is 5.78. The van der Waals surface area contributed by atoms with Gasteiger partial charge in [-0.25, -0.2) is 22.6 Å². The predicted octanol–water partition coefficient (Wildman–Crippen LogP) is 4.71. The quantitative estimate of drug-likeness (QED) is 0.0948. The highest BCUT2D eigenvalue weighted by Crippen LogP contribution is 2.33. The number of halogens is 3. The monoisotopic (exact) mass is 656 g/mol. The fourth-order valence-corrected chi connectivity index (χ4v) is 4.63. The molecule has 18 heteroatoms. The van der Waals surface area contributed by atoms with Gasteiger partial charge in [-0.1, -0.05) is 29.8 Å². The highest BCUT2D eigenvalue weighted by Gasteiger charge is 2.35. The van der Waals surface area contributed by atoms with Crippen molar-refractivity contribution in [1.82, 2.24) is 19.5 Å². The first kappa shape index (κ1) is 34.6. The minimum absolute atomic E-state index is 0.101. The number of carbonyl (C=O) groups is 2. The van der Waals surface area contributed by atoms with Gasteiger partial charge in [0, 0.05) is 12.5 Å². The Balaban J connectivity index is 1.72. The van der Waals surface area contributed by atoms with Gasteiger partial charge in [0.1, 0.15) is 0 Å². The largest absolute Gasteiger partial charge is 0.569 e. The molecule has 0 spiro atoms. The van der Waals surface area contributed by atoms with Gasteiger partial charge in [0.25, 0.3) is 22.2 Å². The number of aromatic nitrogens is 2. The average Bonchev–Trinajstić information content (AvgIpc) is 3.41. The molecule has 0 bridgehead atoms. The number of hydrazine groups is 1. The lowest BCUT2D eigenvalue weighted by atomic mass is 10.1. The number of alkyl halides is 3. The summed E-state index contributed by atoms with van der Waals surface area (Å²) in [5.41, 5.74) is 0.466. The van der Waals surface area contributed by atoms with E-state index < -0.39 is 52.9 Å². The van der Waals surface area contributed by atoms with Crippen molar-refractivity contribution < 1.29 is 50.5 Å². The zero-order chi connectivity index (χ0) is 33.5. The smallest absolute Gasteiger partial charge is 0.511 e. The molecular weight excluding hydrogens is 625 g/mol. The highest BCUT2D eigenvalue weighted by molar-refractivity contribution is 7.90. The standard InChI is InChI=1S/C27H31F3N6O8S/c1-6-34(36(39)33-44-19(5)43-26(38)42-17(2)3)16-25(37)32-45(40,41)22-13-11-21(12-14-22)35-23(15-24(31-35)27(28,29)30)20-9-7-18(4)8-10-20/h7-15,17,19H,6,16H2,1-5H3,(H,32,37).